The van der Waals surface area contributed by atoms with Crippen LogP contribution in [-0.4, -0.2) is 11.6 Å². The topological polar surface area (TPSA) is 34.1 Å². The molecule has 32 valence electrons. The zero-order chi connectivity index (χ0) is 4.57. The van der Waals surface area contributed by atoms with E-state index < -0.39 is 0 Å². The predicted molar refractivity (Wildman–Crippen MR) is 19.2 cm³/mol. The van der Waals surface area contributed by atoms with Crippen molar-refractivity contribution in [3.8, 4) is 0 Å². The van der Waals surface area contributed by atoms with Gasteiger partial charge in [0.05, 0.1) is 12.8 Å². The molecule has 0 amide bonds. The van der Waals surface area contributed by atoms with E-state index in [9.17, 15) is 9.59 Å². The van der Waals surface area contributed by atoms with E-state index in [1.165, 1.54) is 0 Å². The van der Waals surface area contributed by atoms with Crippen LogP contribution in [0.1, 0.15) is 12.8 Å². The summed E-state index contributed by atoms with van der Waals surface area (Å²) in [5.74, 6) is 0.167. The Balaban J connectivity index is 2.47. The van der Waals surface area contributed by atoms with Crippen molar-refractivity contribution in [2.24, 2.45) is 0 Å². The van der Waals surface area contributed by atoms with Crippen LogP contribution >= 0.6 is 0 Å². The highest BCUT2D eigenvalue weighted by Gasteiger charge is 2.21. The van der Waals surface area contributed by atoms with Gasteiger partial charge in [-0.25, -0.2) is 0 Å². The van der Waals surface area contributed by atoms with Crippen LogP contribution in [0.5, 0.6) is 0 Å². The lowest BCUT2D eigenvalue weighted by Crippen LogP contribution is -2.21. The molecule has 0 aromatic carbocycles. The molecule has 0 N–H and O–H groups in total. The van der Waals surface area contributed by atoms with E-state index >= 15 is 0 Å². The lowest BCUT2D eigenvalue weighted by Gasteiger charge is -2.04. The van der Waals surface area contributed by atoms with Crippen LogP contribution in [0, 0.1) is 0 Å². The Kier molecular flexibility index (Phi) is 0.528. The third kappa shape index (κ3) is 0.339. The molecular weight excluding hydrogens is 80.0 g/mol. The molecule has 1 saturated carbocycles. The van der Waals surface area contributed by atoms with Crippen molar-refractivity contribution in [3.63, 3.8) is 0 Å². The second-order valence-electron chi connectivity index (χ2n) is 1.43. The second-order valence-corrected chi connectivity index (χ2v) is 1.43. The molecular formula is C4H4O2. The average molecular weight is 84.1 g/mol. The SMILES string of the molecule is O=C1CC(=O)C1. The van der Waals surface area contributed by atoms with Gasteiger partial charge in [0.2, 0.25) is 0 Å². The average Bonchev–Trinajstić information content (AvgIpc) is 1.33. The number of Topliss-reactive ketones (excluding diaryl/α,β-unsaturated/α-hetero) is 2. The highest BCUT2D eigenvalue weighted by atomic mass is 16.2. The molecule has 2 nitrogen and oxygen atoms in total. The van der Waals surface area contributed by atoms with Crippen molar-refractivity contribution in [2.75, 3.05) is 0 Å². The molecule has 0 atom stereocenters. The van der Waals surface area contributed by atoms with Crippen LogP contribution in [-0.2, 0) is 9.59 Å². The quantitative estimate of drug-likeness (QED) is 0.384. The molecule has 1 rings (SSSR count). The summed E-state index contributed by atoms with van der Waals surface area (Å²) >= 11 is 0. The first-order chi connectivity index (χ1) is 2.79. The molecule has 0 unspecified atom stereocenters. The standard InChI is InChI=1S/C4H4O2/c5-3-1-4(6)2-3/h1-2H2. The van der Waals surface area contributed by atoms with E-state index in [-0.39, 0.29) is 24.4 Å². The lowest BCUT2D eigenvalue weighted by atomic mass is 9.97. The Morgan fingerprint density at radius 2 is 1.33 bits per heavy atom. The third-order valence-corrected chi connectivity index (χ3v) is 0.789. The normalized spacial score (nSPS) is 20.7. The van der Waals surface area contributed by atoms with Gasteiger partial charge in [0, 0.05) is 0 Å². The Morgan fingerprint density at radius 3 is 1.33 bits per heavy atom. The summed E-state index contributed by atoms with van der Waals surface area (Å²) in [6.45, 7) is 0. The maximum atomic E-state index is 9.89. The van der Waals surface area contributed by atoms with Crippen molar-refractivity contribution in [1.82, 2.24) is 0 Å². The molecule has 0 radical (unpaired) electrons. The predicted octanol–water partition coefficient (Wildman–Crippen LogP) is -0.0816. The number of ketones is 2. The Hall–Kier alpha value is -0.660. The van der Waals surface area contributed by atoms with Crippen molar-refractivity contribution in [2.45, 2.75) is 12.8 Å². The number of hydrogen-bond donors (Lipinski definition) is 0. The molecule has 0 aromatic rings. The summed E-state index contributed by atoms with van der Waals surface area (Å²) in [6.07, 6.45) is 0.389. The van der Waals surface area contributed by atoms with Gasteiger partial charge in [0.1, 0.15) is 11.6 Å². The minimum absolute atomic E-state index is 0.0833. The summed E-state index contributed by atoms with van der Waals surface area (Å²) in [4.78, 5) is 19.8. The Labute approximate surface area is 35.2 Å². The second kappa shape index (κ2) is 0.899. The van der Waals surface area contributed by atoms with E-state index in [0.29, 0.717) is 0 Å². The molecule has 1 fully saturated rings. The van der Waals surface area contributed by atoms with Crippen LogP contribution in [0.25, 0.3) is 0 Å². The van der Waals surface area contributed by atoms with Crippen LogP contribution in [0.2, 0.25) is 0 Å². The van der Waals surface area contributed by atoms with E-state index in [2.05, 4.69) is 0 Å². The van der Waals surface area contributed by atoms with E-state index in [1.807, 2.05) is 0 Å². The van der Waals surface area contributed by atoms with Gasteiger partial charge in [-0.15, -0.1) is 0 Å². The zero-order valence-corrected chi connectivity index (χ0v) is 3.23. The first kappa shape index (κ1) is 3.53. The van der Waals surface area contributed by atoms with Crippen LogP contribution in [0.15, 0.2) is 0 Å². The van der Waals surface area contributed by atoms with Crippen LogP contribution < -0.4 is 0 Å². The molecule has 0 aromatic heterocycles. The van der Waals surface area contributed by atoms with Crippen molar-refractivity contribution in [3.05, 3.63) is 0 Å². The van der Waals surface area contributed by atoms with Crippen LogP contribution in [0.3, 0.4) is 0 Å². The van der Waals surface area contributed by atoms with Gasteiger partial charge < -0.3 is 0 Å². The van der Waals surface area contributed by atoms with Crippen molar-refractivity contribution >= 4 is 11.6 Å². The minimum Gasteiger partial charge on any atom is -0.299 e. The minimum atomic E-state index is 0.0833. The molecule has 1 aliphatic rings. The summed E-state index contributed by atoms with van der Waals surface area (Å²) in [5, 5.41) is 0. The first-order valence-electron chi connectivity index (χ1n) is 1.82. The number of rotatable bonds is 0. The lowest BCUT2D eigenvalue weighted by molar-refractivity contribution is -0.137. The molecule has 2 heteroatoms. The van der Waals surface area contributed by atoms with E-state index in [1.54, 1.807) is 0 Å². The molecule has 0 saturated heterocycles. The van der Waals surface area contributed by atoms with Crippen molar-refractivity contribution in [1.29, 1.82) is 0 Å². The molecule has 0 spiro atoms. The van der Waals surface area contributed by atoms with Gasteiger partial charge >= 0.3 is 0 Å². The molecule has 0 aliphatic heterocycles. The van der Waals surface area contributed by atoms with Crippen molar-refractivity contribution < 1.29 is 9.59 Å². The van der Waals surface area contributed by atoms with Gasteiger partial charge in [0.15, 0.2) is 0 Å². The fourth-order valence-electron chi connectivity index (χ4n) is 0.388. The number of hydrogen-bond acceptors (Lipinski definition) is 2. The Bertz CT molecular complexity index is 82.1. The van der Waals surface area contributed by atoms with E-state index in [4.69, 9.17) is 0 Å². The number of carbonyl (C=O) groups excluding carboxylic acids is 2. The number of carbonyl (C=O) groups is 2. The molecule has 6 heavy (non-hydrogen) atoms. The zero-order valence-electron chi connectivity index (χ0n) is 3.23. The van der Waals surface area contributed by atoms with E-state index in [0.717, 1.165) is 0 Å². The van der Waals surface area contributed by atoms with Gasteiger partial charge in [-0.05, 0) is 0 Å². The van der Waals surface area contributed by atoms with Crippen LogP contribution in [0.4, 0.5) is 0 Å². The maximum Gasteiger partial charge on any atom is 0.147 e. The first-order valence-corrected chi connectivity index (χ1v) is 1.82. The summed E-state index contributed by atoms with van der Waals surface area (Å²) in [7, 11) is 0. The highest BCUT2D eigenvalue weighted by molar-refractivity contribution is 6.18. The fourth-order valence-corrected chi connectivity index (χ4v) is 0.388. The summed E-state index contributed by atoms with van der Waals surface area (Å²) < 4.78 is 0. The summed E-state index contributed by atoms with van der Waals surface area (Å²) in [6, 6.07) is 0. The van der Waals surface area contributed by atoms with Gasteiger partial charge in [-0.2, -0.15) is 0 Å². The van der Waals surface area contributed by atoms with Gasteiger partial charge in [-0.1, -0.05) is 0 Å². The fraction of sp³-hybridized carbons (Fsp3) is 0.500. The summed E-state index contributed by atoms with van der Waals surface area (Å²) in [5.41, 5.74) is 0. The largest absolute Gasteiger partial charge is 0.299 e. The van der Waals surface area contributed by atoms with Gasteiger partial charge in [0.25, 0.3) is 0 Å². The molecule has 0 bridgehead atoms. The highest BCUT2D eigenvalue weighted by Crippen LogP contribution is 2.05. The smallest absolute Gasteiger partial charge is 0.147 e. The monoisotopic (exact) mass is 84.0 g/mol. The molecule has 1 aliphatic carbocycles. The maximum absolute atomic E-state index is 9.89. The third-order valence-electron chi connectivity index (χ3n) is 0.789. The van der Waals surface area contributed by atoms with Gasteiger partial charge in [-0.3, -0.25) is 9.59 Å². The molecule has 0 heterocycles. The Morgan fingerprint density at radius 1 is 1.00 bits per heavy atom.